The van der Waals surface area contributed by atoms with E-state index in [0.717, 1.165) is 38.9 Å². The van der Waals surface area contributed by atoms with Gasteiger partial charge in [-0.15, -0.1) is 0 Å². The summed E-state index contributed by atoms with van der Waals surface area (Å²) < 4.78 is 53.2. The summed E-state index contributed by atoms with van der Waals surface area (Å²) >= 11 is 0. The lowest BCUT2D eigenvalue weighted by atomic mass is 10.1. The Morgan fingerprint density at radius 2 is 0.912 bits per heavy atom. The van der Waals surface area contributed by atoms with E-state index >= 15 is 0 Å². The Hall–Kier alpha value is -12.2. The Labute approximate surface area is 516 Å². The van der Waals surface area contributed by atoms with Gasteiger partial charge in [0.1, 0.15) is 48.4 Å². The van der Waals surface area contributed by atoms with E-state index in [1.807, 2.05) is 124 Å². The second-order valence-corrected chi connectivity index (χ2v) is 20.5. The van der Waals surface area contributed by atoms with E-state index < -0.39 is 22.9 Å². The number of benzene rings is 5. The summed E-state index contributed by atoms with van der Waals surface area (Å²) in [5.41, 5.74) is 18.4. The van der Waals surface area contributed by atoms with Crippen LogP contribution in [0.5, 0.6) is 17.2 Å². The number of halogens is 2. The molecule has 12 rings (SSSR count). The number of hydrogen-bond donors (Lipinski definition) is 3. The molecule has 0 bridgehead atoms. The first-order chi connectivity index (χ1) is 44.1. The Balaban J connectivity index is 0.000000152. The molecule has 24 heteroatoms. The van der Waals surface area contributed by atoms with Gasteiger partial charge >= 0.3 is 22.6 Å². The minimum Gasteiger partial charge on any atom is -0.481 e. The van der Waals surface area contributed by atoms with Crippen LogP contribution >= 0.6 is 0 Å². The molecule has 0 aliphatic heterocycles. The summed E-state index contributed by atoms with van der Waals surface area (Å²) in [6.07, 6.45) is 5.19. The van der Waals surface area contributed by atoms with Crippen LogP contribution in [0.2, 0.25) is 0 Å². The molecule has 7 aromatic heterocycles. The van der Waals surface area contributed by atoms with E-state index in [9.17, 15) is 28.0 Å². The lowest BCUT2D eigenvalue weighted by Gasteiger charge is -2.12. The first-order valence-corrected chi connectivity index (χ1v) is 28.0. The highest BCUT2D eigenvalue weighted by Gasteiger charge is 2.23. The fourth-order valence-corrected chi connectivity index (χ4v) is 8.96. The fourth-order valence-electron chi connectivity index (χ4n) is 8.96. The van der Waals surface area contributed by atoms with Gasteiger partial charge in [-0.1, -0.05) is 149 Å². The lowest BCUT2D eigenvalue weighted by molar-refractivity contribution is -0.142. The molecule has 7 heterocycles. The first-order valence-electron chi connectivity index (χ1n) is 28.0. The highest BCUT2D eigenvalue weighted by Crippen LogP contribution is 2.26. The van der Waals surface area contributed by atoms with Gasteiger partial charge < -0.3 is 40.2 Å². The van der Waals surface area contributed by atoms with Crippen molar-refractivity contribution < 1.29 is 42.4 Å². The minimum absolute atomic E-state index is 0.0160. The molecule has 0 saturated heterocycles. The van der Waals surface area contributed by atoms with Gasteiger partial charge in [0.25, 0.3) is 0 Å². The van der Waals surface area contributed by atoms with Crippen LogP contribution in [0.25, 0.3) is 28.5 Å². The number of pyridine rings is 3. The van der Waals surface area contributed by atoms with Crippen molar-refractivity contribution in [3.63, 3.8) is 0 Å². The topological polar surface area (TPSA) is 293 Å². The predicted octanol–water partition coefficient (Wildman–Crippen LogP) is 9.17. The van der Waals surface area contributed by atoms with E-state index in [0.29, 0.717) is 34.8 Å². The van der Waals surface area contributed by atoms with E-state index in [4.69, 9.17) is 40.2 Å². The summed E-state index contributed by atoms with van der Waals surface area (Å²) in [6.45, 7) is 6.06. The number of aromatic nitrogens is 8. The van der Waals surface area contributed by atoms with Crippen molar-refractivity contribution in [3.8, 4) is 28.8 Å². The van der Waals surface area contributed by atoms with Crippen LogP contribution in [0.1, 0.15) is 61.8 Å². The highest BCUT2D eigenvalue weighted by molar-refractivity contribution is 5.99. The molecule has 91 heavy (non-hydrogen) atoms. The second-order valence-electron chi connectivity index (χ2n) is 20.5. The molecule has 0 aliphatic carbocycles. The SMILES string of the molecule is Cc1ccc2nc(-c3noc(Cc4ccc(F)cc4)n3)c(OCc3ccccc3)c(=O)n2c1.Cc1ccc2nc(/C(N)=N/O)c(OCc3ccccc3)c(=O)n2c1.Cc1ccc2nc(/C(N)=N/OC(=O)Cc3ccc(F)cc3)c(OCc3ccccc3)c(=O)n2c1. The van der Waals surface area contributed by atoms with Gasteiger partial charge in [0.2, 0.25) is 29.0 Å². The standard InChI is InChI=1S/C25H21FN4O4.C25H19FN4O3.C17H16N4O3/c1-16-7-12-20-28-22(24(27)29-34-21(31)13-17-8-10-19(26)11-9-17)23(25(32)30(20)14-16)33-15-18-5-3-2-4-6-18;1-16-7-12-20-27-22(24-28-21(33-29-24)13-17-8-10-19(26)11-9-17)23(25(31)30(20)14-16)32-15-18-5-3-2-4-6-18;1-11-7-8-13-19-14(16(18)20-23)15(17(22)21(13)9-11)24-10-12-5-3-2-4-6-12/h2-12,14H,13,15H2,1H3,(H2,27,29);2-12,14H,13,15H2,1H3;2-9,23H,10H2,1H3,(H2,18,20). The highest BCUT2D eigenvalue weighted by atomic mass is 19.1. The molecule has 12 aromatic rings. The Kier molecular flexibility index (Phi) is 19.4. The largest absolute Gasteiger partial charge is 0.481 e. The first kappa shape index (κ1) is 61.9. The van der Waals surface area contributed by atoms with Crippen molar-refractivity contribution in [1.29, 1.82) is 0 Å². The number of rotatable bonds is 17. The number of nitrogens with zero attached hydrogens (tertiary/aromatic N) is 10. The van der Waals surface area contributed by atoms with Gasteiger partial charge in [-0.3, -0.25) is 27.6 Å². The number of fused-ring (bicyclic) bond motifs is 3. The molecular formula is C67H56F2N12O10. The van der Waals surface area contributed by atoms with Crippen molar-refractivity contribution in [2.45, 2.75) is 53.4 Å². The summed E-state index contributed by atoms with van der Waals surface area (Å²) in [5.74, 6) is -1.70. The molecule has 0 amide bonds. The van der Waals surface area contributed by atoms with Crippen LogP contribution in [0, 0.1) is 32.4 Å². The zero-order chi connectivity index (χ0) is 64.0. The van der Waals surface area contributed by atoms with Crippen molar-refractivity contribution >= 4 is 34.6 Å². The van der Waals surface area contributed by atoms with Crippen molar-refractivity contribution in [1.82, 2.24) is 38.3 Å². The summed E-state index contributed by atoms with van der Waals surface area (Å²) in [5, 5.41) is 19.6. The van der Waals surface area contributed by atoms with Crippen molar-refractivity contribution in [3.05, 3.63) is 299 Å². The molecule has 5 N–H and O–H groups in total. The van der Waals surface area contributed by atoms with E-state index in [-0.39, 0.29) is 89.4 Å². The second kappa shape index (κ2) is 28.5. The van der Waals surface area contributed by atoms with Gasteiger partial charge in [0, 0.05) is 18.6 Å². The van der Waals surface area contributed by atoms with E-state index in [2.05, 4.69) is 35.4 Å². The quantitative estimate of drug-likeness (QED) is 0.0252. The number of carbonyl (C=O) groups is 1. The lowest BCUT2D eigenvalue weighted by Crippen LogP contribution is -2.26. The number of amidine groups is 2. The molecule has 458 valence electrons. The normalized spacial score (nSPS) is 11.4. The molecule has 0 radical (unpaired) electrons. The number of hydrogen-bond acceptors (Lipinski definition) is 17. The van der Waals surface area contributed by atoms with Gasteiger partial charge in [-0.2, -0.15) is 4.98 Å². The maximum Gasteiger partial charge on any atom is 0.339 e. The van der Waals surface area contributed by atoms with Crippen LogP contribution in [-0.2, 0) is 42.3 Å². The third kappa shape index (κ3) is 15.5. The molecule has 0 spiro atoms. The summed E-state index contributed by atoms with van der Waals surface area (Å²) in [7, 11) is 0. The number of oxime groups is 2. The Morgan fingerprint density at radius 3 is 1.36 bits per heavy atom. The van der Waals surface area contributed by atoms with Crippen LogP contribution in [0.4, 0.5) is 8.78 Å². The van der Waals surface area contributed by atoms with Gasteiger partial charge in [-0.25, -0.2) is 28.5 Å². The molecule has 0 atom stereocenters. The van der Waals surface area contributed by atoms with Gasteiger partial charge in [0.05, 0.1) is 12.8 Å². The molecular weight excluding hydrogens is 1170 g/mol. The summed E-state index contributed by atoms with van der Waals surface area (Å²) in [6, 6.07) is 50.2. The Morgan fingerprint density at radius 1 is 0.505 bits per heavy atom. The van der Waals surface area contributed by atoms with Crippen molar-refractivity contribution in [2.75, 3.05) is 0 Å². The van der Waals surface area contributed by atoms with E-state index in [1.165, 1.54) is 49.6 Å². The Bertz CT molecular complexity index is 4820. The minimum atomic E-state index is -0.713. The predicted molar refractivity (Wildman–Crippen MR) is 333 cm³/mol. The van der Waals surface area contributed by atoms with Crippen molar-refractivity contribution in [2.24, 2.45) is 21.8 Å². The molecule has 22 nitrogen and oxygen atoms in total. The third-order valence-corrected chi connectivity index (χ3v) is 13.5. The van der Waals surface area contributed by atoms with Gasteiger partial charge in [0.15, 0.2) is 28.8 Å². The zero-order valence-electron chi connectivity index (χ0n) is 49.0. The van der Waals surface area contributed by atoms with Crippen LogP contribution in [0.3, 0.4) is 0 Å². The molecule has 0 fully saturated rings. The number of ether oxygens (including phenoxy) is 3. The van der Waals surface area contributed by atoms with Crippen LogP contribution in [0.15, 0.2) is 224 Å². The maximum absolute atomic E-state index is 13.3. The van der Waals surface area contributed by atoms with Gasteiger partial charge in [-0.05, 0) is 108 Å². The monoisotopic (exact) mass is 1230 g/mol. The molecule has 0 saturated carbocycles. The molecule has 0 unspecified atom stereocenters. The number of nitrogens with two attached hydrogens (primary N) is 2. The maximum atomic E-state index is 13.3. The average molecular weight is 1230 g/mol. The zero-order valence-corrected chi connectivity index (χ0v) is 49.0. The fraction of sp³-hybridized carbons (Fsp3) is 0.119. The third-order valence-electron chi connectivity index (χ3n) is 13.5. The number of carbonyl (C=O) groups excluding carboxylic acids is 1. The van der Waals surface area contributed by atoms with E-state index in [1.54, 1.807) is 55.0 Å². The number of aryl methyl sites for hydroxylation is 3. The molecule has 5 aromatic carbocycles. The molecule has 0 aliphatic rings. The van der Waals surface area contributed by atoms with Crippen LogP contribution < -0.4 is 42.4 Å². The smallest absolute Gasteiger partial charge is 0.339 e. The average Bonchev–Trinajstić information content (AvgIpc) is 1.59. The summed E-state index contributed by atoms with van der Waals surface area (Å²) in [4.78, 5) is 74.0. The van der Waals surface area contributed by atoms with Crippen LogP contribution in [-0.4, -0.2) is 61.1 Å².